The van der Waals surface area contributed by atoms with E-state index in [-0.39, 0.29) is 11.5 Å². The number of carbonyl (C=O) groups excluding carboxylic acids is 1. The largest absolute Gasteiger partial charge is 0.497 e. The van der Waals surface area contributed by atoms with E-state index in [0.29, 0.717) is 36.9 Å². The van der Waals surface area contributed by atoms with E-state index in [4.69, 9.17) is 9.47 Å². The Labute approximate surface area is 150 Å². The number of guanidine groups is 1. The summed E-state index contributed by atoms with van der Waals surface area (Å²) in [5, 5.41) is 9.23. The van der Waals surface area contributed by atoms with Crippen LogP contribution in [0.15, 0.2) is 29.3 Å². The number of aliphatic imine (C=N–C) groups is 1. The number of hydrogen-bond acceptors (Lipinski definition) is 4. The predicted octanol–water partition coefficient (Wildman–Crippen LogP) is 1.41. The minimum atomic E-state index is -0.317. The molecule has 0 aromatic heterocycles. The van der Waals surface area contributed by atoms with Gasteiger partial charge in [0.15, 0.2) is 5.96 Å². The van der Waals surface area contributed by atoms with Gasteiger partial charge in [0.2, 0.25) is 0 Å². The van der Waals surface area contributed by atoms with Crippen molar-refractivity contribution in [1.29, 1.82) is 0 Å². The Hall–Kier alpha value is -2.28. The molecular formula is C18H30N4O3. The summed E-state index contributed by atoms with van der Waals surface area (Å²) in [6, 6.07) is 7.06. The Morgan fingerprint density at radius 2 is 1.88 bits per heavy atom. The van der Waals surface area contributed by atoms with Crippen molar-refractivity contribution in [2.24, 2.45) is 4.99 Å². The molecule has 7 nitrogen and oxygen atoms in total. The average Bonchev–Trinajstić information content (AvgIpc) is 2.63. The summed E-state index contributed by atoms with van der Waals surface area (Å²) in [5.41, 5.74) is 0.255. The van der Waals surface area contributed by atoms with Crippen molar-refractivity contribution >= 4 is 11.9 Å². The van der Waals surface area contributed by atoms with Crippen LogP contribution in [0.5, 0.6) is 5.75 Å². The number of methoxy groups -OCH3 is 2. The lowest BCUT2D eigenvalue weighted by molar-refractivity contribution is 0.0310. The molecule has 0 unspecified atom stereocenters. The van der Waals surface area contributed by atoms with Crippen molar-refractivity contribution in [3.05, 3.63) is 29.8 Å². The number of hydrogen-bond donors (Lipinski definition) is 3. The fourth-order valence-electron chi connectivity index (χ4n) is 1.90. The molecule has 0 saturated carbocycles. The van der Waals surface area contributed by atoms with Crippen molar-refractivity contribution in [1.82, 2.24) is 16.0 Å². The molecule has 0 atom stereocenters. The van der Waals surface area contributed by atoms with Crippen LogP contribution in [0.4, 0.5) is 0 Å². The predicted molar refractivity (Wildman–Crippen MR) is 100 cm³/mol. The number of carbonyl (C=O) groups is 1. The summed E-state index contributed by atoms with van der Waals surface area (Å²) in [6.45, 7) is 8.31. The monoisotopic (exact) mass is 350 g/mol. The van der Waals surface area contributed by atoms with E-state index in [1.54, 1.807) is 38.5 Å². The van der Waals surface area contributed by atoms with E-state index in [9.17, 15) is 4.79 Å². The summed E-state index contributed by atoms with van der Waals surface area (Å²) in [5.74, 6) is 1.22. The van der Waals surface area contributed by atoms with Gasteiger partial charge in [-0.15, -0.1) is 0 Å². The molecule has 1 aromatic carbocycles. The Balaban J connectivity index is 2.45. The molecule has 0 saturated heterocycles. The lowest BCUT2D eigenvalue weighted by Crippen LogP contribution is -2.42. The fraction of sp³-hybridized carbons (Fsp3) is 0.556. The van der Waals surface area contributed by atoms with Crippen LogP contribution in [-0.2, 0) is 4.74 Å². The van der Waals surface area contributed by atoms with Gasteiger partial charge in [0, 0.05) is 32.3 Å². The van der Waals surface area contributed by atoms with Crippen LogP contribution in [0.3, 0.4) is 0 Å². The third-order valence-corrected chi connectivity index (χ3v) is 3.55. The van der Waals surface area contributed by atoms with Gasteiger partial charge in [0.05, 0.1) is 19.3 Å². The molecule has 0 aliphatic carbocycles. The summed E-state index contributed by atoms with van der Waals surface area (Å²) < 4.78 is 10.5. The third kappa shape index (κ3) is 7.89. The Morgan fingerprint density at radius 1 is 1.16 bits per heavy atom. The molecule has 1 rings (SSSR count). The second kappa shape index (κ2) is 10.6. The summed E-state index contributed by atoms with van der Waals surface area (Å²) in [6.07, 6.45) is 0. The number of ether oxygens (including phenoxy) is 2. The minimum Gasteiger partial charge on any atom is -0.497 e. The third-order valence-electron chi connectivity index (χ3n) is 3.55. The highest BCUT2D eigenvalue weighted by atomic mass is 16.5. The van der Waals surface area contributed by atoms with E-state index in [0.717, 1.165) is 6.54 Å². The maximum atomic E-state index is 12.1. The molecule has 0 bridgehead atoms. The molecule has 0 aliphatic heterocycles. The van der Waals surface area contributed by atoms with E-state index < -0.39 is 0 Å². The smallest absolute Gasteiger partial charge is 0.251 e. The highest BCUT2D eigenvalue weighted by Crippen LogP contribution is 2.12. The zero-order chi connectivity index (χ0) is 18.7. The van der Waals surface area contributed by atoms with Gasteiger partial charge >= 0.3 is 0 Å². The second-order valence-electron chi connectivity index (χ2n) is 6.07. The van der Waals surface area contributed by atoms with Crippen molar-refractivity contribution in [2.75, 3.05) is 40.4 Å². The molecule has 140 valence electrons. The van der Waals surface area contributed by atoms with E-state index >= 15 is 0 Å². The number of benzene rings is 1. The van der Waals surface area contributed by atoms with Gasteiger partial charge in [0.25, 0.3) is 5.91 Å². The second-order valence-corrected chi connectivity index (χ2v) is 6.07. The average molecular weight is 350 g/mol. The van der Waals surface area contributed by atoms with Crippen LogP contribution in [-0.4, -0.2) is 57.9 Å². The summed E-state index contributed by atoms with van der Waals surface area (Å²) in [7, 11) is 3.25. The molecule has 0 fully saturated rings. The SMILES string of the molecule is CCNC(=NCC(C)(C)OC)NCCNC(=O)c1cccc(OC)c1. The van der Waals surface area contributed by atoms with Gasteiger partial charge < -0.3 is 25.4 Å². The highest BCUT2D eigenvalue weighted by Gasteiger charge is 2.15. The molecule has 0 radical (unpaired) electrons. The molecule has 1 amide bonds. The van der Waals surface area contributed by atoms with E-state index in [1.165, 1.54) is 0 Å². The zero-order valence-corrected chi connectivity index (χ0v) is 15.8. The first-order valence-electron chi connectivity index (χ1n) is 8.41. The lowest BCUT2D eigenvalue weighted by Gasteiger charge is -2.21. The Bertz CT molecular complexity index is 573. The molecule has 0 spiro atoms. The lowest BCUT2D eigenvalue weighted by atomic mass is 10.1. The fourth-order valence-corrected chi connectivity index (χ4v) is 1.90. The van der Waals surface area contributed by atoms with Crippen molar-refractivity contribution < 1.29 is 14.3 Å². The number of nitrogens with zero attached hydrogens (tertiary/aromatic N) is 1. The van der Waals surface area contributed by atoms with Crippen LogP contribution in [0, 0.1) is 0 Å². The standard InChI is InChI=1S/C18H30N4O3/c1-6-19-17(22-13-18(2,3)25-5)21-11-10-20-16(23)14-8-7-9-15(12-14)24-4/h7-9,12H,6,10-11,13H2,1-5H3,(H,20,23)(H2,19,21,22). The minimum absolute atomic E-state index is 0.136. The van der Waals surface area contributed by atoms with Crippen LogP contribution in [0.1, 0.15) is 31.1 Å². The summed E-state index contributed by atoms with van der Waals surface area (Å²) in [4.78, 5) is 16.6. The molecule has 7 heteroatoms. The molecule has 0 heterocycles. The number of amides is 1. The zero-order valence-electron chi connectivity index (χ0n) is 15.8. The quantitative estimate of drug-likeness (QED) is 0.356. The van der Waals surface area contributed by atoms with Gasteiger partial charge in [0.1, 0.15) is 5.75 Å². The van der Waals surface area contributed by atoms with Gasteiger partial charge in [-0.3, -0.25) is 9.79 Å². The van der Waals surface area contributed by atoms with Crippen LogP contribution < -0.4 is 20.7 Å². The van der Waals surface area contributed by atoms with Crippen molar-refractivity contribution in [3.8, 4) is 5.75 Å². The maximum Gasteiger partial charge on any atom is 0.251 e. The Kier molecular flexibility index (Phi) is 8.77. The number of nitrogens with one attached hydrogen (secondary N) is 3. The van der Waals surface area contributed by atoms with Crippen LogP contribution >= 0.6 is 0 Å². The molecule has 0 aliphatic rings. The van der Waals surface area contributed by atoms with Gasteiger partial charge in [-0.25, -0.2) is 0 Å². The molecule has 25 heavy (non-hydrogen) atoms. The molecule has 3 N–H and O–H groups in total. The van der Waals surface area contributed by atoms with Crippen LogP contribution in [0.25, 0.3) is 0 Å². The number of rotatable bonds is 9. The van der Waals surface area contributed by atoms with E-state index in [1.807, 2.05) is 20.8 Å². The highest BCUT2D eigenvalue weighted by molar-refractivity contribution is 5.94. The summed E-state index contributed by atoms with van der Waals surface area (Å²) >= 11 is 0. The first-order chi connectivity index (χ1) is 11.9. The van der Waals surface area contributed by atoms with Gasteiger partial charge in [-0.05, 0) is 39.0 Å². The normalized spacial score (nSPS) is 11.8. The van der Waals surface area contributed by atoms with Crippen molar-refractivity contribution in [2.45, 2.75) is 26.4 Å². The Morgan fingerprint density at radius 3 is 2.52 bits per heavy atom. The van der Waals surface area contributed by atoms with Gasteiger partial charge in [-0.1, -0.05) is 6.07 Å². The van der Waals surface area contributed by atoms with Crippen LogP contribution in [0.2, 0.25) is 0 Å². The topological polar surface area (TPSA) is 84.0 Å². The maximum absolute atomic E-state index is 12.1. The molecular weight excluding hydrogens is 320 g/mol. The first-order valence-corrected chi connectivity index (χ1v) is 8.41. The van der Waals surface area contributed by atoms with Crippen molar-refractivity contribution in [3.63, 3.8) is 0 Å². The van der Waals surface area contributed by atoms with E-state index in [2.05, 4.69) is 20.9 Å². The molecule has 1 aromatic rings. The van der Waals surface area contributed by atoms with Gasteiger partial charge in [-0.2, -0.15) is 0 Å². The first kappa shape index (κ1) is 20.8.